The lowest BCUT2D eigenvalue weighted by molar-refractivity contribution is 0.241. The first-order chi connectivity index (χ1) is 10.0. The molecule has 2 heterocycles. The van der Waals surface area contributed by atoms with Crippen molar-refractivity contribution in [1.29, 1.82) is 0 Å². The van der Waals surface area contributed by atoms with Gasteiger partial charge in [-0.05, 0) is 42.8 Å². The lowest BCUT2D eigenvalue weighted by atomic mass is 10.0. The maximum atomic E-state index is 12.0. The van der Waals surface area contributed by atoms with E-state index in [1.165, 1.54) is 16.7 Å². The molecule has 2 N–H and O–H groups in total. The van der Waals surface area contributed by atoms with Crippen LogP contribution in [0.2, 0.25) is 0 Å². The molecule has 1 aromatic carbocycles. The highest BCUT2D eigenvalue weighted by molar-refractivity contribution is 7.71. The second-order valence-corrected chi connectivity index (χ2v) is 6.15. The van der Waals surface area contributed by atoms with Gasteiger partial charge >= 0.3 is 0 Å². The number of aromatic amines is 2. The Labute approximate surface area is 128 Å². The van der Waals surface area contributed by atoms with E-state index < -0.39 is 0 Å². The van der Waals surface area contributed by atoms with Crippen molar-refractivity contribution in [3.05, 3.63) is 61.3 Å². The third kappa shape index (κ3) is 2.99. The summed E-state index contributed by atoms with van der Waals surface area (Å²) in [6.45, 7) is 6.74. The Balaban J connectivity index is 1.81. The van der Waals surface area contributed by atoms with Gasteiger partial charge in [-0.15, -0.1) is 0 Å². The molecule has 0 unspecified atom stereocenters. The SMILES string of the molecule is Cc1ccc(CN2CCc3[nH]c(=S)[nH]c(=O)c3C2)cc1C. The van der Waals surface area contributed by atoms with Gasteiger partial charge in [-0.25, -0.2) is 0 Å². The highest BCUT2D eigenvalue weighted by Crippen LogP contribution is 2.17. The molecule has 21 heavy (non-hydrogen) atoms. The van der Waals surface area contributed by atoms with Crippen LogP contribution in [0.5, 0.6) is 0 Å². The zero-order chi connectivity index (χ0) is 15.0. The molecule has 1 aliphatic heterocycles. The molecule has 0 aliphatic carbocycles. The van der Waals surface area contributed by atoms with Crippen molar-refractivity contribution in [2.45, 2.75) is 33.4 Å². The van der Waals surface area contributed by atoms with Crippen LogP contribution in [-0.2, 0) is 19.5 Å². The fourth-order valence-electron chi connectivity index (χ4n) is 2.81. The Bertz CT molecular complexity index is 791. The minimum Gasteiger partial charge on any atom is -0.335 e. The van der Waals surface area contributed by atoms with Gasteiger partial charge in [-0.2, -0.15) is 0 Å². The number of fused-ring (bicyclic) bond motifs is 1. The largest absolute Gasteiger partial charge is 0.335 e. The molecule has 0 bridgehead atoms. The molecule has 0 saturated heterocycles. The van der Waals surface area contributed by atoms with Crippen molar-refractivity contribution in [1.82, 2.24) is 14.9 Å². The topological polar surface area (TPSA) is 51.9 Å². The molecule has 1 aromatic heterocycles. The monoisotopic (exact) mass is 301 g/mol. The molecule has 0 atom stereocenters. The van der Waals surface area contributed by atoms with E-state index in [2.05, 4.69) is 46.9 Å². The normalized spacial score (nSPS) is 15.0. The van der Waals surface area contributed by atoms with Gasteiger partial charge in [-0.3, -0.25) is 14.7 Å². The maximum Gasteiger partial charge on any atom is 0.256 e. The molecular formula is C16H19N3OS. The third-order valence-corrected chi connectivity index (χ3v) is 4.37. The zero-order valence-corrected chi connectivity index (χ0v) is 13.1. The van der Waals surface area contributed by atoms with Crippen LogP contribution in [-0.4, -0.2) is 21.4 Å². The fourth-order valence-corrected chi connectivity index (χ4v) is 3.02. The number of benzene rings is 1. The van der Waals surface area contributed by atoms with E-state index in [-0.39, 0.29) is 5.56 Å². The summed E-state index contributed by atoms with van der Waals surface area (Å²) in [5.74, 6) is 0. The van der Waals surface area contributed by atoms with Gasteiger partial charge in [0.25, 0.3) is 5.56 Å². The molecule has 4 nitrogen and oxygen atoms in total. The van der Waals surface area contributed by atoms with Crippen LogP contribution >= 0.6 is 12.2 Å². The van der Waals surface area contributed by atoms with Crippen molar-refractivity contribution < 1.29 is 0 Å². The smallest absolute Gasteiger partial charge is 0.256 e. The van der Waals surface area contributed by atoms with Crippen molar-refractivity contribution >= 4 is 12.2 Å². The fraction of sp³-hybridized carbons (Fsp3) is 0.375. The summed E-state index contributed by atoms with van der Waals surface area (Å²) in [5, 5.41) is 0. The molecular weight excluding hydrogens is 282 g/mol. The number of nitrogens with zero attached hydrogens (tertiary/aromatic N) is 1. The Morgan fingerprint density at radius 1 is 1.24 bits per heavy atom. The van der Waals surface area contributed by atoms with Gasteiger partial charge in [0.1, 0.15) is 0 Å². The number of aryl methyl sites for hydroxylation is 2. The minimum absolute atomic E-state index is 0.0569. The lowest BCUT2D eigenvalue weighted by Gasteiger charge is -2.28. The summed E-state index contributed by atoms with van der Waals surface area (Å²) in [5.41, 5.74) is 5.66. The van der Waals surface area contributed by atoms with Crippen LogP contribution in [0.3, 0.4) is 0 Å². The summed E-state index contributed by atoms with van der Waals surface area (Å²) >= 11 is 5.02. The van der Waals surface area contributed by atoms with Gasteiger partial charge in [0, 0.05) is 31.7 Å². The van der Waals surface area contributed by atoms with E-state index in [1.807, 2.05) is 0 Å². The molecule has 110 valence electrons. The predicted molar refractivity (Wildman–Crippen MR) is 86.0 cm³/mol. The molecule has 0 saturated carbocycles. The number of aromatic nitrogens is 2. The number of H-pyrrole nitrogens is 2. The highest BCUT2D eigenvalue weighted by Gasteiger charge is 2.19. The number of rotatable bonds is 2. The molecule has 0 spiro atoms. The zero-order valence-electron chi connectivity index (χ0n) is 12.3. The summed E-state index contributed by atoms with van der Waals surface area (Å²) in [4.78, 5) is 20.1. The molecule has 5 heteroatoms. The van der Waals surface area contributed by atoms with Crippen molar-refractivity contribution in [3.8, 4) is 0 Å². The van der Waals surface area contributed by atoms with E-state index in [9.17, 15) is 4.79 Å². The maximum absolute atomic E-state index is 12.0. The molecule has 0 radical (unpaired) electrons. The number of hydrogen-bond acceptors (Lipinski definition) is 3. The number of hydrogen-bond donors (Lipinski definition) is 2. The van der Waals surface area contributed by atoms with Crippen LogP contribution < -0.4 is 5.56 Å². The second kappa shape index (κ2) is 5.58. The van der Waals surface area contributed by atoms with Crippen LogP contribution in [0.1, 0.15) is 27.9 Å². The van der Waals surface area contributed by atoms with Crippen LogP contribution in [0.15, 0.2) is 23.0 Å². The Morgan fingerprint density at radius 2 is 2.05 bits per heavy atom. The van der Waals surface area contributed by atoms with Crippen molar-refractivity contribution in [2.75, 3.05) is 6.54 Å². The summed E-state index contributed by atoms with van der Waals surface area (Å²) in [6, 6.07) is 6.56. The van der Waals surface area contributed by atoms with Crippen molar-refractivity contribution in [3.63, 3.8) is 0 Å². The molecule has 0 amide bonds. The van der Waals surface area contributed by atoms with E-state index in [0.717, 1.165) is 30.8 Å². The van der Waals surface area contributed by atoms with Crippen molar-refractivity contribution in [2.24, 2.45) is 0 Å². The van der Waals surface area contributed by atoms with Crippen LogP contribution in [0, 0.1) is 18.6 Å². The number of nitrogens with one attached hydrogen (secondary N) is 2. The van der Waals surface area contributed by atoms with E-state index in [4.69, 9.17) is 12.2 Å². The van der Waals surface area contributed by atoms with Gasteiger partial charge in [0.05, 0.1) is 5.56 Å². The molecule has 1 aliphatic rings. The van der Waals surface area contributed by atoms with Crippen LogP contribution in [0.25, 0.3) is 0 Å². The quantitative estimate of drug-likeness (QED) is 0.838. The Morgan fingerprint density at radius 3 is 2.81 bits per heavy atom. The van der Waals surface area contributed by atoms with Gasteiger partial charge in [0.15, 0.2) is 4.77 Å². The molecule has 0 fully saturated rings. The Hall–Kier alpha value is -1.72. The van der Waals surface area contributed by atoms with E-state index >= 15 is 0 Å². The van der Waals surface area contributed by atoms with Gasteiger partial charge in [-0.1, -0.05) is 18.2 Å². The average Bonchev–Trinajstić information content (AvgIpc) is 2.43. The third-order valence-electron chi connectivity index (χ3n) is 4.17. The standard InChI is InChI=1S/C16H19N3OS/c1-10-3-4-12(7-11(10)2)8-19-6-5-14-13(9-19)15(20)18-16(21)17-14/h3-4,7H,5-6,8-9H2,1-2H3,(H2,17,18,20,21). The first-order valence-electron chi connectivity index (χ1n) is 7.16. The summed E-state index contributed by atoms with van der Waals surface area (Å²) in [6.07, 6.45) is 0.841. The molecule has 2 aromatic rings. The minimum atomic E-state index is -0.0569. The van der Waals surface area contributed by atoms with Crippen LogP contribution in [0.4, 0.5) is 0 Å². The lowest BCUT2D eigenvalue weighted by Crippen LogP contribution is -2.35. The second-order valence-electron chi connectivity index (χ2n) is 5.74. The van der Waals surface area contributed by atoms with E-state index in [1.54, 1.807) is 0 Å². The van der Waals surface area contributed by atoms with Gasteiger partial charge < -0.3 is 4.98 Å². The first kappa shape index (κ1) is 14.2. The highest BCUT2D eigenvalue weighted by atomic mass is 32.1. The summed E-state index contributed by atoms with van der Waals surface area (Å²) in [7, 11) is 0. The van der Waals surface area contributed by atoms with E-state index in [0.29, 0.717) is 11.3 Å². The first-order valence-corrected chi connectivity index (χ1v) is 7.56. The van der Waals surface area contributed by atoms with Gasteiger partial charge in [0.2, 0.25) is 0 Å². The molecule has 3 rings (SSSR count). The Kier molecular flexibility index (Phi) is 3.78. The summed E-state index contributed by atoms with van der Waals surface area (Å²) < 4.78 is 0.418. The average molecular weight is 301 g/mol. The predicted octanol–water partition coefficient (Wildman–Crippen LogP) is 2.61.